The molecule has 0 unspecified atom stereocenters. The van der Waals surface area contributed by atoms with E-state index < -0.39 is 0 Å². The lowest BCUT2D eigenvalue weighted by molar-refractivity contribution is 0.102. The Kier molecular flexibility index (Phi) is 5.09. The molecule has 0 bridgehead atoms. The molecule has 4 nitrogen and oxygen atoms in total. The van der Waals surface area contributed by atoms with Gasteiger partial charge in [0.15, 0.2) is 0 Å². The number of aryl methyl sites for hydroxylation is 1. The number of pyridine rings is 1. The van der Waals surface area contributed by atoms with E-state index in [-0.39, 0.29) is 5.91 Å². The summed E-state index contributed by atoms with van der Waals surface area (Å²) in [4.78, 5) is 17.7. The third-order valence-electron chi connectivity index (χ3n) is 4.19. The van der Waals surface area contributed by atoms with Crippen LogP contribution in [0.25, 0.3) is 5.65 Å². The fourth-order valence-electron chi connectivity index (χ4n) is 3.01. The smallest absolute Gasteiger partial charge is 0.274 e. The number of aromatic nitrogens is 2. The Labute approximate surface area is 152 Å². The van der Waals surface area contributed by atoms with Crippen LogP contribution in [0.5, 0.6) is 0 Å². The van der Waals surface area contributed by atoms with Crippen LogP contribution in [0.2, 0.25) is 5.02 Å². The predicted molar refractivity (Wildman–Crippen MR) is 103 cm³/mol. The van der Waals surface area contributed by atoms with Gasteiger partial charge < -0.3 is 5.32 Å². The van der Waals surface area contributed by atoms with Gasteiger partial charge in [-0.15, -0.1) is 0 Å². The van der Waals surface area contributed by atoms with Crippen LogP contribution in [0.3, 0.4) is 0 Å². The maximum Gasteiger partial charge on any atom is 0.274 e. The van der Waals surface area contributed by atoms with Crippen molar-refractivity contribution in [2.24, 2.45) is 0 Å². The van der Waals surface area contributed by atoms with Gasteiger partial charge in [-0.05, 0) is 36.1 Å². The highest BCUT2D eigenvalue weighted by Crippen LogP contribution is 2.25. The second-order valence-electron chi connectivity index (χ2n) is 6.43. The van der Waals surface area contributed by atoms with Gasteiger partial charge in [0, 0.05) is 11.9 Å². The molecule has 0 fully saturated rings. The van der Waals surface area contributed by atoms with Crippen LogP contribution in [0.4, 0.5) is 5.69 Å². The van der Waals surface area contributed by atoms with Crippen molar-refractivity contribution in [1.29, 1.82) is 0 Å². The number of nitrogens with one attached hydrogen (secondary N) is 1. The number of anilines is 1. The second kappa shape index (κ2) is 7.28. The number of hydrogen-bond donors (Lipinski definition) is 1. The van der Waals surface area contributed by atoms with E-state index in [0.29, 0.717) is 16.6 Å². The highest BCUT2D eigenvalue weighted by atomic mass is 35.5. The third-order valence-corrected chi connectivity index (χ3v) is 4.41. The third kappa shape index (κ3) is 3.54. The van der Waals surface area contributed by atoms with Gasteiger partial charge in [0.2, 0.25) is 0 Å². The Morgan fingerprint density at radius 3 is 2.72 bits per heavy atom. The minimum Gasteiger partial charge on any atom is -0.320 e. The fraction of sp³-hybridized carbons (Fsp3) is 0.300. The lowest BCUT2D eigenvalue weighted by Crippen LogP contribution is -2.17. The summed E-state index contributed by atoms with van der Waals surface area (Å²) in [6, 6.07) is 11.5. The number of benzene rings is 1. The molecule has 0 saturated carbocycles. The number of hydrogen-bond acceptors (Lipinski definition) is 2. The van der Waals surface area contributed by atoms with Gasteiger partial charge in [-0.25, -0.2) is 4.98 Å². The largest absolute Gasteiger partial charge is 0.320 e. The lowest BCUT2D eigenvalue weighted by atomic mass is 10.0. The van der Waals surface area contributed by atoms with E-state index in [1.165, 1.54) is 0 Å². The van der Waals surface area contributed by atoms with Gasteiger partial charge in [-0.3, -0.25) is 9.20 Å². The quantitative estimate of drug-likeness (QED) is 0.673. The summed E-state index contributed by atoms with van der Waals surface area (Å²) in [7, 11) is 0. The summed E-state index contributed by atoms with van der Waals surface area (Å²) in [5, 5.41) is 3.64. The molecular formula is C20H22ClN3O. The molecule has 0 aliphatic rings. The number of para-hydroxylation sites is 1. The number of fused-ring (bicyclic) bond motifs is 1. The number of rotatable bonds is 5. The van der Waals surface area contributed by atoms with Gasteiger partial charge in [-0.1, -0.05) is 57.0 Å². The van der Waals surface area contributed by atoms with E-state index in [1.807, 2.05) is 30.3 Å². The van der Waals surface area contributed by atoms with Crippen LogP contribution < -0.4 is 5.32 Å². The van der Waals surface area contributed by atoms with Crippen LogP contribution >= 0.6 is 11.6 Å². The summed E-state index contributed by atoms with van der Waals surface area (Å²) >= 11 is 6.13. The summed E-state index contributed by atoms with van der Waals surface area (Å²) in [5.41, 5.74) is 4.03. The maximum absolute atomic E-state index is 13.1. The van der Waals surface area contributed by atoms with Gasteiger partial charge in [0.1, 0.15) is 11.3 Å². The van der Waals surface area contributed by atoms with Crippen LogP contribution in [-0.2, 0) is 6.42 Å². The molecule has 0 atom stereocenters. The van der Waals surface area contributed by atoms with E-state index >= 15 is 0 Å². The highest BCUT2D eigenvalue weighted by Gasteiger charge is 2.20. The molecule has 0 saturated heterocycles. The molecule has 1 N–H and O–H groups in total. The zero-order chi connectivity index (χ0) is 18.0. The molecule has 0 spiro atoms. The first kappa shape index (κ1) is 17.5. The minimum atomic E-state index is -0.161. The van der Waals surface area contributed by atoms with Crippen LogP contribution in [0.1, 0.15) is 54.9 Å². The van der Waals surface area contributed by atoms with Crippen molar-refractivity contribution >= 4 is 28.8 Å². The molecule has 1 amide bonds. The van der Waals surface area contributed by atoms with Gasteiger partial charge in [-0.2, -0.15) is 0 Å². The van der Waals surface area contributed by atoms with E-state index in [1.54, 1.807) is 16.7 Å². The zero-order valence-electron chi connectivity index (χ0n) is 14.7. The van der Waals surface area contributed by atoms with Crippen molar-refractivity contribution in [2.75, 3.05) is 5.32 Å². The highest BCUT2D eigenvalue weighted by molar-refractivity contribution is 6.30. The average Bonchev–Trinajstić information content (AvgIpc) is 2.92. The van der Waals surface area contributed by atoms with Crippen molar-refractivity contribution in [3.8, 4) is 0 Å². The van der Waals surface area contributed by atoms with E-state index in [4.69, 9.17) is 11.6 Å². The number of nitrogens with zero attached hydrogens (tertiary/aromatic N) is 2. The SMILES string of the molecule is CCCc1nc2ccc(Cl)cn2c1C(=O)Nc1ccccc1C(C)C. The normalized spacial score (nSPS) is 11.2. The van der Waals surface area contributed by atoms with E-state index in [2.05, 4.69) is 31.1 Å². The summed E-state index contributed by atoms with van der Waals surface area (Å²) < 4.78 is 1.78. The first-order valence-electron chi connectivity index (χ1n) is 8.58. The number of carbonyl (C=O) groups is 1. The van der Waals surface area contributed by atoms with Crippen LogP contribution in [-0.4, -0.2) is 15.3 Å². The molecule has 2 aromatic heterocycles. The number of carbonyl (C=O) groups excluding carboxylic acids is 1. The fourth-order valence-corrected chi connectivity index (χ4v) is 3.18. The molecule has 25 heavy (non-hydrogen) atoms. The van der Waals surface area contributed by atoms with E-state index in [9.17, 15) is 4.79 Å². The summed E-state index contributed by atoms with van der Waals surface area (Å²) in [5.74, 6) is 0.162. The maximum atomic E-state index is 13.1. The molecule has 3 rings (SSSR count). The standard InChI is InChI=1S/C20H22ClN3O/c1-4-7-17-19(24-12-14(21)10-11-18(24)22-17)20(25)23-16-9-6-5-8-15(16)13(2)3/h5-6,8-13H,4,7H2,1-3H3,(H,23,25). The van der Waals surface area contributed by atoms with Crippen molar-refractivity contribution in [1.82, 2.24) is 9.38 Å². The number of amides is 1. The predicted octanol–water partition coefficient (Wildman–Crippen LogP) is 5.32. The average molecular weight is 356 g/mol. The second-order valence-corrected chi connectivity index (χ2v) is 6.87. The summed E-state index contributed by atoms with van der Waals surface area (Å²) in [6.45, 7) is 6.30. The Bertz CT molecular complexity index is 914. The minimum absolute atomic E-state index is 0.161. The molecule has 0 radical (unpaired) electrons. The van der Waals surface area contributed by atoms with E-state index in [0.717, 1.165) is 35.4 Å². The number of halogens is 1. The molecule has 1 aromatic carbocycles. The zero-order valence-corrected chi connectivity index (χ0v) is 15.5. The molecule has 2 heterocycles. The lowest BCUT2D eigenvalue weighted by Gasteiger charge is -2.14. The number of imidazole rings is 1. The first-order valence-corrected chi connectivity index (χ1v) is 8.95. The van der Waals surface area contributed by atoms with Gasteiger partial charge in [0.05, 0.1) is 10.7 Å². The topological polar surface area (TPSA) is 46.4 Å². The Morgan fingerprint density at radius 1 is 1.24 bits per heavy atom. The Balaban J connectivity index is 2.05. The molecule has 0 aliphatic heterocycles. The van der Waals surface area contributed by atoms with Gasteiger partial charge >= 0.3 is 0 Å². The molecule has 0 aliphatic carbocycles. The molecule has 130 valence electrons. The van der Waals surface area contributed by atoms with Crippen LogP contribution in [0.15, 0.2) is 42.6 Å². The molecular weight excluding hydrogens is 334 g/mol. The Morgan fingerprint density at radius 2 is 2.00 bits per heavy atom. The molecule has 3 aromatic rings. The van der Waals surface area contributed by atoms with Crippen molar-refractivity contribution in [2.45, 2.75) is 39.5 Å². The summed E-state index contributed by atoms with van der Waals surface area (Å²) in [6.07, 6.45) is 3.40. The van der Waals surface area contributed by atoms with Crippen molar-refractivity contribution in [3.63, 3.8) is 0 Å². The van der Waals surface area contributed by atoms with Crippen molar-refractivity contribution in [3.05, 3.63) is 64.6 Å². The van der Waals surface area contributed by atoms with Crippen LogP contribution in [0, 0.1) is 0 Å². The van der Waals surface area contributed by atoms with Gasteiger partial charge in [0.25, 0.3) is 5.91 Å². The first-order chi connectivity index (χ1) is 12.0. The van der Waals surface area contributed by atoms with Crippen molar-refractivity contribution < 1.29 is 4.79 Å². The Hall–Kier alpha value is -2.33. The molecule has 5 heteroatoms. The monoisotopic (exact) mass is 355 g/mol.